The van der Waals surface area contributed by atoms with Gasteiger partial charge >= 0.3 is 0 Å². The fourth-order valence-electron chi connectivity index (χ4n) is 1.36. The molecule has 0 amide bonds. The van der Waals surface area contributed by atoms with E-state index in [4.69, 9.17) is 0 Å². The number of nitrogens with one attached hydrogen (secondary N) is 1. The Morgan fingerprint density at radius 3 is 3.22 bits per heavy atom. The van der Waals surface area contributed by atoms with Gasteiger partial charge in [-0.1, -0.05) is 36.4 Å². The van der Waals surface area contributed by atoms with Crippen LogP contribution in [-0.4, -0.2) is 17.3 Å². The van der Waals surface area contributed by atoms with E-state index < -0.39 is 0 Å². The molecule has 2 nitrogen and oxygen atoms in total. The SMILES string of the molecule is C=C(CCCSSC1=NC=CCC=C1)NCCC. The maximum Gasteiger partial charge on any atom is 0.106 e. The van der Waals surface area contributed by atoms with Gasteiger partial charge in [-0.3, -0.25) is 0 Å². The lowest BCUT2D eigenvalue weighted by Gasteiger charge is -2.07. The third-order valence-corrected chi connectivity index (χ3v) is 4.67. The van der Waals surface area contributed by atoms with Crippen molar-refractivity contribution in [3.05, 3.63) is 36.7 Å². The van der Waals surface area contributed by atoms with Crippen LogP contribution in [0, 0.1) is 0 Å². The third-order valence-electron chi connectivity index (χ3n) is 2.32. The number of nitrogens with zero attached hydrogens (tertiary/aromatic N) is 1. The van der Waals surface area contributed by atoms with Gasteiger partial charge in [0.15, 0.2) is 0 Å². The maximum atomic E-state index is 4.36. The summed E-state index contributed by atoms with van der Waals surface area (Å²) in [4.78, 5) is 4.36. The second-order valence-corrected chi connectivity index (χ2v) is 6.47. The van der Waals surface area contributed by atoms with Crippen molar-refractivity contribution < 1.29 is 0 Å². The van der Waals surface area contributed by atoms with E-state index >= 15 is 0 Å². The Kier molecular flexibility index (Phi) is 8.86. The highest BCUT2D eigenvalue weighted by atomic mass is 33.1. The Hall–Kier alpha value is -0.610. The largest absolute Gasteiger partial charge is 0.389 e. The van der Waals surface area contributed by atoms with Gasteiger partial charge in [0.25, 0.3) is 0 Å². The first-order valence-corrected chi connectivity index (χ1v) is 8.75. The zero-order chi connectivity index (χ0) is 13.1. The molecule has 100 valence electrons. The lowest BCUT2D eigenvalue weighted by Crippen LogP contribution is -2.12. The van der Waals surface area contributed by atoms with Crippen LogP contribution in [0.15, 0.2) is 41.7 Å². The van der Waals surface area contributed by atoms with Crippen molar-refractivity contribution in [1.82, 2.24) is 5.32 Å². The van der Waals surface area contributed by atoms with Gasteiger partial charge in [-0.15, -0.1) is 0 Å². The van der Waals surface area contributed by atoms with Crippen molar-refractivity contribution >= 4 is 26.6 Å². The molecule has 1 aliphatic heterocycles. The molecule has 18 heavy (non-hydrogen) atoms. The summed E-state index contributed by atoms with van der Waals surface area (Å²) >= 11 is 0. The minimum atomic E-state index is 0.987. The summed E-state index contributed by atoms with van der Waals surface area (Å²) in [5, 5.41) is 4.42. The third kappa shape index (κ3) is 7.67. The van der Waals surface area contributed by atoms with Gasteiger partial charge in [-0.05, 0) is 42.6 Å². The van der Waals surface area contributed by atoms with Crippen LogP contribution in [0.1, 0.15) is 32.6 Å². The highest BCUT2D eigenvalue weighted by Crippen LogP contribution is 2.26. The highest BCUT2D eigenvalue weighted by molar-refractivity contribution is 8.82. The molecule has 0 aromatic heterocycles. The van der Waals surface area contributed by atoms with Gasteiger partial charge < -0.3 is 5.32 Å². The van der Waals surface area contributed by atoms with E-state index in [0.717, 1.165) is 42.3 Å². The standard InChI is InChI=1S/C14H22N2S2/c1-3-10-15-13(2)8-7-12-17-18-14-9-5-4-6-11-16-14/h5-6,9,11,15H,2-4,7-8,10,12H2,1H3. The quantitative estimate of drug-likeness (QED) is 0.523. The molecule has 0 saturated heterocycles. The fraction of sp³-hybridized carbons (Fsp3) is 0.500. The minimum absolute atomic E-state index is 0.987. The summed E-state index contributed by atoms with van der Waals surface area (Å²) in [5.74, 6) is 1.13. The second-order valence-electron chi connectivity index (χ2n) is 4.03. The van der Waals surface area contributed by atoms with Crippen molar-refractivity contribution in [2.24, 2.45) is 4.99 Å². The van der Waals surface area contributed by atoms with Gasteiger partial charge in [-0.2, -0.15) is 0 Å². The van der Waals surface area contributed by atoms with E-state index in [-0.39, 0.29) is 0 Å². The first-order valence-electron chi connectivity index (χ1n) is 6.43. The molecule has 0 unspecified atom stereocenters. The molecule has 0 fully saturated rings. The van der Waals surface area contributed by atoms with Crippen molar-refractivity contribution in [1.29, 1.82) is 0 Å². The van der Waals surface area contributed by atoms with Crippen molar-refractivity contribution in [3.63, 3.8) is 0 Å². The summed E-state index contributed by atoms with van der Waals surface area (Å²) in [6.45, 7) is 7.23. The maximum absolute atomic E-state index is 4.36. The van der Waals surface area contributed by atoms with E-state index in [0.29, 0.717) is 0 Å². The Balaban J connectivity index is 2.03. The van der Waals surface area contributed by atoms with Crippen molar-refractivity contribution in [2.45, 2.75) is 32.6 Å². The summed E-state index contributed by atoms with van der Waals surface area (Å²) in [6.07, 6.45) is 12.6. The summed E-state index contributed by atoms with van der Waals surface area (Å²) in [6, 6.07) is 0. The van der Waals surface area contributed by atoms with Crippen LogP contribution in [0.2, 0.25) is 0 Å². The molecule has 4 heteroatoms. The molecular weight excluding hydrogens is 260 g/mol. The van der Waals surface area contributed by atoms with Crippen LogP contribution in [0.3, 0.4) is 0 Å². The first-order chi connectivity index (χ1) is 8.83. The summed E-state index contributed by atoms with van der Waals surface area (Å²) in [5.41, 5.74) is 1.16. The minimum Gasteiger partial charge on any atom is -0.389 e. The average Bonchev–Trinajstić information content (AvgIpc) is 2.64. The summed E-state index contributed by atoms with van der Waals surface area (Å²) in [7, 11) is 3.63. The Morgan fingerprint density at radius 1 is 1.50 bits per heavy atom. The highest BCUT2D eigenvalue weighted by Gasteiger charge is 1.99. The fourth-order valence-corrected chi connectivity index (χ4v) is 3.35. The molecule has 0 bridgehead atoms. The number of hydrogen-bond acceptors (Lipinski definition) is 4. The molecule has 1 heterocycles. The topological polar surface area (TPSA) is 24.4 Å². The van der Waals surface area contributed by atoms with Gasteiger partial charge in [0.1, 0.15) is 5.04 Å². The van der Waals surface area contributed by atoms with Crippen molar-refractivity contribution in [3.8, 4) is 0 Å². The smallest absolute Gasteiger partial charge is 0.106 e. The van der Waals surface area contributed by atoms with E-state index in [1.807, 2.05) is 17.0 Å². The lowest BCUT2D eigenvalue weighted by atomic mass is 10.3. The zero-order valence-electron chi connectivity index (χ0n) is 11.0. The van der Waals surface area contributed by atoms with Crippen LogP contribution in [0.4, 0.5) is 0 Å². The van der Waals surface area contributed by atoms with Crippen molar-refractivity contribution in [2.75, 3.05) is 12.3 Å². The molecule has 1 aliphatic rings. The van der Waals surface area contributed by atoms with E-state index in [9.17, 15) is 0 Å². The molecule has 0 spiro atoms. The van der Waals surface area contributed by atoms with Gasteiger partial charge in [-0.25, -0.2) is 4.99 Å². The van der Waals surface area contributed by atoms with Crippen LogP contribution in [0.25, 0.3) is 0 Å². The first kappa shape index (κ1) is 15.4. The Labute approximate surface area is 119 Å². The van der Waals surface area contributed by atoms with Crippen LogP contribution in [0.5, 0.6) is 0 Å². The summed E-state index contributed by atoms with van der Waals surface area (Å²) < 4.78 is 0. The van der Waals surface area contributed by atoms with Crippen LogP contribution < -0.4 is 5.32 Å². The molecule has 0 aromatic carbocycles. The number of allylic oxidation sites excluding steroid dienone is 3. The Morgan fingerprint density at radius 2 is 2.39 bits per heavy atom. The molecule has 1 rings (SSSR count). The second kappa shape index (κ2) is 10.3. The molecule has 0 aliphatic carbocycles. The molecule has 1 N–H and O–H groups in total. The number of rotatable bonds is 8. The zero-order valence-corrected chi connectivity index (χ0v) is 12.7. The van der Waals surface area contributed by atoms with E-state index in [2.05, 4.69) is 42.0 Å². The monoisotopic (exact) mass is 282 g/mol. The molecule has 0 radical (unpaired) electrons. The van der Waals surface area contributed by atoms with Gasteiger partial charge in [0, 0.05) is 24.2 Å². The Bertz CT molecular complexity index is 333. The average molecular weight is 282 g/mol. The predicted octanol–water partition coefficient (Wildman–Crippen LogP) is 4.53. The normalized spacial score (nSPS) is 14.2. The predicted molar refractivity (Wildman–Crippen MR) is 87.0 cm³/mol. The number of aliphatic imine (C=N–C) groups is 1. The van der Waals surface area contributed by atoms with Crippen LogP contribution in [-0.2, 0) is 0 Å². The molecular formula is C14H22N2S2. The van der Waals surface area contributed by atoms with Gasteiger partial charge in [0.2, 0.25) is 0 Å². The molecule has 0 aromatic rings. The van der Waals surface area contributed by atoms with Gasteiger partial charge in [0.05, 0.1) is 0 Å². The van der Waals surface area contributed by atoms with E-state index in [1.165, 1.54) is 6.42 Å². The van der Waals surface area contributed by atoms with Crippen LogP contribution >= 0.6 is 21.6 Å². The molecule has 0 atom stereocenters. The molecule has 0 saturated carbocycles. The number of hydrogen-bond donors (Lipinski definition) is 1. The van der Waals surface area contributed by atoms with E-state index in [1.54, 1.807) is 10.8 Å². The lowest BCUT2D eigenvalue weighted by molar-refractivity contribution is 0.722.